The topological polar surface area (TPSA) is 93.7 Å². The monoisotopic (exact) mass is 364 g/mol. The zero-order valence-corrected chi connectivity index (χ0v) is 15.0. The lowest BCUT2D eigenvalue weighted by Crippen LogP contribution is -2.33. The van der Waals surface area contributed by atoms with Crippen LogP contribution in [0.1, 0.15) is 6.92 Å². The van der Waals surface area contributed by atoms with Gasteiger partial charge in [-0.1, -0.05) is 0 Å². The Balaban J connectivity index is 2.10. The van der Waals surface area contributed by atoms with Crippen LogP contribution in [-0.4, -0.2) is 34.6 Å². The van der Waals surface area contributed by atoms with Crippen LogP contribution in [0.5, 0.6) is 11.5 Å². The first-order valence-corrected chi connectivity index (χ1v) is 8.99. The van der Waals surface area contributed by atoms with Crippen molar-refractivity contribution >= 4 is 21.6 Å². The van der Waals surface area contributed by atoms with E-state index in [4.69, 9.17) is 9.47 Å². The molecular weight excluding hydrogens is 344 g/mol. The number of amides is 1. The van der Waals surface area contributed by atoms with E-state index in [0.29, 0.717) is 17.2 Å². The molecule has 0 fully saturated rings. The fourth-order valence-electron chi connectivity index (χ4n) is 2.03. The lowest BCUT2D eigenvalue weighted by molar-refractivity contribution is -0.126. The second kappa shape index (κ2) is 7.89. The predicted molar refractivity (Wildman–Crippen MR) is 94.4 cm³/mol. The van der Waals surface area contributed by atoms with Gasteiger partial charge < -0.3 is 14.8 Å². The molecule has 0 unspecified atom stereocenters. The highest BCUT2D eigenvalue weighted by Gasteiger charge is 2.16. The summed E-state index contributed by atoms with van der Waals surface area (Å²) in [5, 5.41) is 2.48. The van der Waals surface area contributed by atoms with Gasteiger partial charge in [0.05, 0.1) is 12.0 Å². The van der Waals surface area contributed by atoms with E-state index in [-0.39, 0.29) is 10.8 Å². The second-order valence-corrected chi connectivity index (χ2v) is 6.86. The SMILES string of the molecule is CNC(=O)[C@@H](C)Oc1ccc(S(=O)(=O)Nc2ccc(OC)cc2)cc1. The Kier molecular flexibility index (Phi) is 5.87. The molecule has 0 aliphatic rings. The number of benzene rings is 2. The molecule has 0 saturated carbocycles. The van der Waals surface area contributed by atoms with Gasteiger partial charge in [-0.2, -0.15) is 0 Å². The van der Waals surface area contributed by atoms with E-state index in [0.717, 1.165) is 0 Å². The molecule has 0 bridgehead atoms. The van der Waals surface area contributed by atoms with Crippen LogP contribution < -0.4 is 19.5 Å². The zero-order chi connectivity index (χ0) is 18.4. The highest BCUT2D eigenvalue weighted by atomic mass is 32.2. The molecule has 2 N–H and O–H groups in total. The van der Waals surface area contributed by atoms with Crippen molar-refractivity contribution in [2.45, 2.75) is 17.9 Å². The van der Waals surface area contributed by atoms with Gasteiger partial charge in [-0.25, -0.2) is 8.42 Å². The minimum Gasteiger partial charge on any atom is -0.497 e. The summed E-state index contributed by atoms with van der Waals surface area (Å²) in [5.41, 5.74) is 0.425. The van der Waals surface area contributed by atoms with Gasteiger partial charge in [0.15, 0.2) is 6.10 Å². The summed E-state index contributed by atoms with van der Waals surface area (Å²) < 4.78 is 37.8. The van der Waals surface area contributed by atoms with Crippen molar-refractivity contribution in [3.63, 3.8) is 0 Å². The van der Waals surface area contributed by atoms with E-state index >= 15 is 0 Å². The minimum atomic E-state index is -3.72. The highest BCUT2D eigenvalue weighted by molar-refractivity contribution is 7.92. The van der Waals surface area contributed by atoms with Gasteiger partial charge in [-0.15, -0.1) is 0 Å². The second-order valence-electron chi connectivity index (χ2n) is 5.18. The number of carbonyl (C=O) groups excluding carboxylic acids is 1. The van der Waals surface area contributed by atoms with E-state index in [1.807, 2.05) is 0 Å². The fourth-order valence-corrected chi connectivity index (χ4v) is 3.09. The molecule has 0 radical (unpaired) electrons. The number of sulfonamides is 1. The average Bonchev–Trinajstić information content (AvgIpc) is 2.61. The van der Waals surface area contributed by atoms with E-state index < -0.39 is 16.1 Å². The molecule has 0 spiro atoms. The number of rotatable bonds is 7. The van der Waals surface area contributed by atoms with Crippen molar-refractivity contribution in [2.24, 2.45) is 0 Å². The van der Waals surface area contributed by atoms with Crippen LogP contribution in [0.4, 0.5) is 5.69 Å². The third-order valence-electron chi connectivity index (χ3n) is 3.40. The van der Waals surface area contributed by atoms with Crippen molar-refractivity contribution in [2.75, 3.05) is 18.9 Å². The number of nitrogens with one attached hydrogen (secondary N) is 2. The van der Waals surface area contributed by atoms with E-state index in [9.17, 15) is 13.2 Å². The third-order valence-corrected chi connectivity index (χ3v) is 4.80. The van der Waals surface area contributed by atoms with Crippen LogP contribution in [0.2, 0.25) is 0 Å². The minimum absolute atomic E-state index is 0.0864. The summed E-state index contributed by atoms with van der Waals surface area (Å²) >= 11 is 0. The maximum absolute atomic E-state index is 12.4. The summed E-state index contributed by atoms with van der Waals surface area (Å²) in [6.07, 6.45) is -0.676. The lowest BCUT2D eigenvalue weighted by atomic mass is 10.3. The number of likely N-dealkylation sites (N-methyl/N-ethyl adjacent to an activating group) is 1. The molecule has 7 nitrogen and oxygen atoms in total. The van der Waals surface area contributed by atoms with Crippen LogP contribution in [0, 0.1) is 0 Å². The first-order chi connectivity index (χ1) is 11.9. The molecule has 8 heteroatoms. The normalized spacial score (nSPS) is 12.1. The number of methoxy groups -OCH3 is 1. The van der Waals surface area contributed by atoms with Crippen LogP contribution in [-0.2, 0) is 14.8 Å². The Bertz CT molecular complexity index is 817. The highest BCUT2D eigenvalue weighted by Crippen LogP contribution is 2.21. The first kappa shape index (κ1) is 18.6. The van der Waals surface area contributed by atoms with Gasteiger partial charge >= 0.3 is 0 Å². The fraction of sp³-hybridized carbons (Fsp3) is 0.235. The van der Waals surface area contributed by atoms with Crippen molar-refractivity contribution in [1.29, 1.82) is 0 Å². The number of anilines is 1. The molecule has 2 aromatic rings. The quantitative estimate of drug-likeness (QED) is 0.784. The number of ether oxygens (including phenoxy) is 2. The Morgan fingerprint density at radius 1 is 1.00 bits per heavy atom. The number of carbonyl (C=O) groups is 1. The van der Waals surface area contributed by atoms with Gasteiger partial charge in [-0.3, -0.25) is 9.52 Å². The lowest BCUT2D eigenvalue weighted by Gasteiger charge is -2.14. The van der Waals surface area contributed by atoms with Crippen molar-refractivity contribution in [3.05, 3.63) is 48.5 Å². The molecule has 1 atom stereocenters. The van der Waals surface area contributed by atoms with E-state index in [2.05, 4.69) is 10.0 Å². The average molecular weight is 364 g/mol. The third kappa shape index (κ3) is 4.87. The van der Waals surface area contributed by atoms with Crippen LogP contribution in [0.25, 0.3) is 0 Å². The molecule has 0 aromatic heterocycles. The van der Waals surface area contributed by atoms with Crippen LogP contribution in [0.15, 0.2) is 53.4 Å². The zero-order valence-electron chi connectivity index (χ0n) is 14.1. The molecule has 25 heavy (non-hydrogen) atoms. The molecule has 134 valence electrons. The van der Waals surface area contributed by atoms with Gasteiger partial charge in [0.2, 0.25) is 0 Å². The molecule has 2 rings (SSSR count). The molecular formula is C17H20N2O5S. The Hall–Kier alpha value is -2.74. The smallest absolute Gasteiger partial charge is 0.261 e. The summed E-state index contributed by atoms with van der Waals surface area (Å²) in [7, 11) is -0.673. The van der Waals surface area contributed by atoms with Crippen LogP contribution in [0.3, 0.4) is 0 Å². The maximum Gasteiger partial charge on any atom is 0.261 e. The van der Waals surface area contributed by atoms with Crippen LogP contribution >= 0.6 is 0 Å². The van der Waals surface area contributed by atoms with Gasteiger partial charge in [0.1, 0.15) is 11.5 Å². The summed E-state index contributed by atoms with van der Waals surface area (Å²) in [6, 6.07) is 12.4. The molecule has 0 aliphatic heterocycles. The standard InChI is InChI=1S/C17H20N2O5S/c1-12(17(20)18-2)24-15-8-10-16(11-9-15)25(21,22)19-13-4-6-14(23-3)7-5-13/h4-12,19H,1-3H3,(H,18,20)/t12-/m1/s1. The van der Waals surface area contributed by atoms with E-state index in [1.54, 1.807) is 31.2 Å². The summed E-state index contributed by atoms with van der Waals surface area (Å²) in [4.78, 5) is 11.5. The summed E-state index contributed by atoms with van der Waals surface area (Å²) in [5.74, 6) is 0.770. The van der Waals surface area contributed by atoms with E-state index in [1.165, 1.54) is 38.4 Å². The Morgan fingerprint density at radius 3 is 2.08 bits per heavy atom. The van der Waals surface area contributed by atoms with Crippen molar-refractivity contribution < 1.29 is 22.7 Å². The molecule has 1 amide bonds. The predicted octanol–water partition coefficient (Wildman–Crippen LogP) is 2.01. The molecule has 0 saturated heterocycles. The number of hydrogen-bond donors (Lipinski definition) is 2. The maximum atomic E-state index is 12.4. The van der Waals surface area contributed by atoms with Crippen molar-refractivity contribution in [3.8, 4) is 11.5 Å². The first-order valence-electron chi connectivity index (χ1n) is 7.51. The number of hydrogen-bond acceptors (Lipinski definition) is 5. The summed E-state index contributed by atoms with van der Waals surface area (Å²) in [6.45, 7) is 1.61. The van der Waals surface area contributed by atoms with Crippen molar-refractivity contribution in [1.82, 2.24) is 5.32 Å². The molecule has 0 heterocycles. The van der Waals surface area contributed by atoms with Gasteiger partial charge in [0, 0.05) is 12.7 Å². The molecule has 2 aromatic carbocycles. The Labute approximate surface area is 147 Å². The Morgan fingerprint density at radius 2 is 1.56 bits per heavy atom. The largest absolute Gasteiger partial charge is 0.497 e. The van der Waals surface area contributed by atoms with Gasteiger partial charge in [0.25, 0.3) is 15.9 Å². The van der Waals surface area contributed by atoms with Gasteiger partial charge in [-0.05, 0) is 55.5 Å². The molecule has 0 aliphatic carbocycles.